The Bertz CT molecular complexity index is 715. The lowest BCUT2D eigenvalue weighted by atomic mass is 9.95. The molecule has 2 aromatic carbocycles. The average molecular weight is 370 g/mol. The summed E-state index contributed by atoms with van der Waals surface area (Å²) < 4.78 is 21.9. The molecule has 0 heterocycles. The van der Waals surface area contributed by atoms with E-state index in [1.165, 1.54) is 0 Å². The van der Waals surface area contributed by atoms with E-state index in [9.17, 15) is 4.79 Å². The molecular weight excluding hydrogens is 344 g/mol. The van der Waals surface area contributed by atoms with E-state index in [4.69, 9.17) is 18.9 Å². The van der Waals surface area contributed by atoms with Gasteiger partial charge in [0, 0.05) is 0 Å². The molecule has 0 saturated heterocycles. The topological polar surface area (TPSA) is 54.0 Å². The second kappa shape index (κ2) is 9.42. The highest BCUT2D eigenvalue weighted by atomic mass is 16.5. The highest BCUT2D eigenvalue weighted by molar-refractivity contribution is 5.89. The van der Waals surface area contributed by atoms with Crippen molar-refractivity contribution >= 4 is 5.97 Å². The Balaban J connectivity index is 1.40. The molecule has 1 aliphatic carbocycles. The summed E-state index contributed by atoms with van der Waals surface area (Å²) in [5, 5.41) is 0. The molecule has 5 heteroatoms. The Kier molecular flexibility index (Phi) is 6.71. The molecule has 0 unspecified atom stereocenters. The lowest BCUT2D eigenvalue weighted by molar-refractivity contribution is -0.0253. The maximum Gasteiger partial charge on any atom is 0.338 e. The van der Waals surface area contributed by atoms with Gasteiger partial charge in [-0.2, -0.15) is 0 Å². The Morgan fingerprint density at radius 1 is 0.815 bits per heavy atom. The van der Waals surface area contributed by atoms with Crippen LogP contribution in [0.2, 0.25) is 0 Å². The van der Waals surface area contributed by atoms with E-state index in [1.54, 1.807) is 38.5 Å². The minimum Gasteiger partial charge on any atom is -0.497 e. The summed E-state index contributed by atoms with van der Waals surface area (Å²) in [6.07, 6.45) is 3.63. The molecule has 144 valence electrons. The van der Waals surface area contributed by atoms with Crippen molar-refractivity contribution in [1.29, 1.82) is 0 Å². The fourth-order valence-electron chi connectivity index (χ4n) is 3.20. The van der Waals surface area contributed by atoms with Gasteiger partial charge in [0.25, 0.3) is 0 Å². The molecule has 0 N–H and O–H groups in total. The molecule has 1 saturated carbocycles. The Labute approximate surface area is 160 Å². The second-order valence-corrected chi connectivity index (χ2v) is 6.69. The van der Waals surface area contributed by atoms with Crippen LogP contribution in [0.4, 0.5) is 0 Å². The van der Waals surface area contributed by atoms with Gasteiger partial charge in [0.15, 0.2) is 0 Å². The first kappa shape index (κ1) is 19.2. The monoisotopic (exact) mass is 370 g/mol. The van der Waals surface area contributed by atoms with Crippen molar-refractivity contribution in [2.24, 2.45) is 0 Å². The Morgan fingerprint density at radius 2 is 1.33 bits per heavy atom. The maximum absolute atomic E-state index is 12.3. The van der Waals surface area contributed by atoms with Crippen molar-refractivity contribution in [3.8, 4) is 11.5 Å². The number of hydrogen-bond donors (Lipinski definition) is 0. The number of benzene rings is 2. The Hall–Kier alpha value is -2.53. The van der Waals surface area contributed by atoms with Crippen LogP contribution in [0.5, 0.6) is 11.5 Å². The van der Waals surface area contributed by atoms with Gasteiger partial charge in [-0.3, -0.25) is 0 Å². The van der Waals surface area contributed by atoms with Gasteiger partial charge in [-0.1, -0.05) is 12.1 Å². The number of ether oxygens (including phenoxy) is 4. The number of rotatable bonds is 7. The van der Waals surface area contributed by atoms with Crippen molar-refractivity contribution in [3.63, 3.8) is 0 Å². The highest BCUT2D eigenvalue weighted by Crippen LogP contribution is 2.25. The van der Waals surface area contributed by atoms with Crippen LogP contribution in [0.25, 0.3) is 0 Å². The van der Waals surface area contributed by atoms with Crippen LogP contribution >= 0.6 is 0 Å². The fraction of sp³-hybridized carbons (Fsp3) is 0.409. The third kappa shape index (κ3) is 5.47. The van der Waals surface area contributed by atoms with Gasteiger partial charge in [0.1, 0.15) is 17.6 Å². The van der Waals surface area contributed by atoms with E-state index in [1.807, 2.05) is 24.3 Å². The van der Waals surface area contributed by atoms with Crippen LogP contribution in [0.1, 0.15) is 41.6 Å². The fourth-order valence-corrected chi connectivity index (χ4v) is 3.20. The predicted molar refractivity (Wildman–Crippen MR) is 102 cm³/mol. The molecule has 3 rings (SSSR count). The van der Waals surface area contributed by atoms with E-state index in [-0.39, 0.29) is 18.2 Å². The first-order valence-corrected chi connectivity index (χ1v) is 9.27. The van der Waals surface area contributed by atoms with Crippen LogP contribution in [0.15, 0.2) is 48.5 Å². The molecule has 2 aromatic rings. The number of carbonyl (C=O) groups is 1. The maximum atomic E-state index is 12.3. The largest absolute Gasteiger partial charge is 0.497 e. The lowest BCUT2D eigenvalue weighted by Gasteiger charge is -2.28. The number of hydrogen-bond acceptors (Lipinski definition) is 5. The molecule has 0 radical (unpaired) electrons. The molecular formula is C22H26O5. The van der Waals surface area contributed by atoms with Gasteiger partial charge < -0.3 is 18.9 Å². The molecule has 5 nitrogen and oxygen atoms in total. The van der Waals surface area contributed by atoms with E-state index < -0.39 is 0 Å². The van der Waals surface area contributed by atoms with Crippen LogP contribution in [0, 0.1) is 0 Å². The van der Waals surface area contributed by atoms with Crippen LogP contribution in [-0.4, -0.2) is 32.4 Å². The molecule has 0 spiro atoms. The molecule has 0 bridgehead atoms. The minimum atomic E-state index is -0.278. The first-order chi connectivity index (χ1) is 13.2. The highest BCUT2D eigenvalue weighted by Gasteiger charge is 2.25. The van der Waals surface area contributed by atoms with E-state index in [0.29, 0.717) is 12.2 Å². The van der Waals surface area contributed by atoms with Gasteiger partial charge in [-0.05, 0) is 67.6 Å². The van der Waals surface area contributed by atoms with Crippen molar-refractivity contribution in [2.45, 2.75) is 44.5 Å². The molecule has 0 aromatic heterocycles. The van der Waals surface area contributed by atoms with E-state index >= 15 is 0 Å². The molecule has 1 aliphatic rings. The summed E-state index contributed by atoms with van der Waals surface area (Å²) in [6.45, 7) is 0.588. The smallest absolute Gasteiger partial charge is 0.338 e. The number of esters is 1. The predicted octanol–water partition coefficient (Wildman–Crippen LogP) is 4.39. The van der Waals surface area contributed by atoms with E-state index in [0.717, 1.165) is 42.7 Å². The first-order valence-electron chi connectivity index (χ1n) is 9.27. The van der Waals surface area contributed by atoms with Gasteiger partial charge in [0.05, 0.1) is 32.5 Å². The summed E-state index contributed by atoms with van der Waals surface area (Å²) in [5.41, 5.74) is 1.68. The summed E-state index contributed by atoms with van der Waals surface area (Å²) in [5.74, 6) is 1.29. The van der Waals surface area contributed by atoms with Gasteiger partial charge in [-0.25, -0.2) is 4.79 Å². The van der Waals surface area contributed by atoms with Crippen molar-refractivity contribution in [3.05, 3.63) is 59.7 Å². The zero-order valence-electron chi connectivity index (χ0n) is 15.9. The van der Waals surface area contributed by atoms with Crippen LogP contribution < -0.4 is 9.47 Å². The van der Waals surface area contributed by atoms with Gasteiger partial charge >= 0.3 is 5.97 Å². The number of methoxy groups -OCH3 is 2. The molecule has 0 amide bonds. The molecule has 1 fully saturated rings. The molecule has 0 aliphatic heterocycles. The third-order valence-corrected chi connectivity index (χ3v) is 4.87. The molecule has 0 atom stereocenters. The van der Waals surface area contributed by atoms with Crippen LogP contribution in [-0.2, 0) is 16.1 Å². The zero-order valence-corrected chi connectivity index (χ0v) is 15.9. The Morgan fingerprint density at radius 3 is 1.89 bits per heavy atom. The SMILES string of the molecule is COc1ccc(COC2CCC(OC(=O)c3ccc(OC)cc3)CC2)cc1. The average Bonchev–Trinajstić information content (AvgIpc) is 2.73. The quantitative estimate of drug-likeness (QED) is 0.677. The normalized spacial score (nSPS) is 19.3. The standard InChI is InChI=1S/C22H26O5/c1-24-18-7-3-16(4-8-18)15-26-20-11-13-21(14-12-20)27-22(23)17-5-9-19(25-2)10-6-17/h3-10,20-21H,11-15H2,1-2H3. The van der Waals surface area contributed by atoms with Gasteiger partial charge in [-0.15, -0.1) is 0 Å². The summed E-state index contributed by atoms with van der Waals surface area (Å²) >= 11 is 0. The summed E-state index contributed by atoms with van der Waals surface area (Å²) in [4.78, 5) is 12.3. The lowest BCUT2D eigenvalue weighted by Crippen LogP contribution is -2.28. The van der Waals surface area contributed by atoms with Gasteiger partial charge in [0.2, 0.25) is 0 Å². The van der Waals surface area contributed by atoms with E-state index in [2.05, 4.69) is 0 Å². The van der Waals surface area contributed by atoms with Crippen molar-refractivity contribution in [2.75, 3.05) is 14.2 Å². The zero-order chi connectivity index (χ0) is 19.1. The minimum absolute atomic E-state index is 0.0413. The molecule has 27 heavy (non-hydrogen) atoms. The van der Waals surface area contributed by atoms with Crippen molar-refractivity contribution in [1.82, 2.24) is 0 Å². The summed E-state index contributed by atoms with van der Waals surface area (Å²) in [7, 11) is 3.26. The third-order valence-electron chi connectivity index (χ3n) is 4.87. The summed E-state index contributed by atoms with van der Waals surface area (Å²) in [6, 6.07) is 14.9. The van der Waals surface area contributed by atoms with Crippen molar-refractivity contribution < 1.29 is 23.7 Å². The van der Waals surface area contributed by atoms with Crippen LogP contribution in [0.3, 0.4) is 0 Å². The second-order valence-electron chi connectivity index (χ2n) is 6.69. The number of carbonyl (C=O) groups excluding carboxylic acids is 1.